The van der Waals surface area contributed by atoms with Gasteiger partial charge in [0.1, 0.15) is 24.1 Å². The van der Waals surface area contributed by atoms with Crippen LogP contribution in [0.1, 0.15) is 157 Å². The molecule has 0 fully saturated rings. The molecule has 298 valence electrons. The zero-order valence-electron chi connectivity index (χ0n) is 33.0. The molecule has 52 heavy (non-hydrogen) atoms. The van der Waals surface area contributed by atoms with E-state index in [1.807, 2.05) is 6.11 Å². The number of hydrogen-bond acceptors (Lipinski definition) is 10. The third kappa shape index (κ3) is 22.3. The van der Waals surface area contributed by atoms with Crippen LogP contribution in [0.4, 0.5) is 0 Å². The molecule has 0 spiro atoms. The predicted octanol–water partition coefficient (Wildman–Crippen LogP) is 9.34. The Morgan fingerprint density at radius 2 is 1.19 bits per heavy atom. The molecular weight excluding hydrogens is 732 g/mol. The summed E-state index contributed by atoms with van der Waals surface area (Å²) in [5, 5.41) is 0. The first-order chi connectivity index (χ1) is 24.6. The average Bonchev–Trinajstić information content (AvgIpc) is 3.10. The van der Waals surface area contributed by atoms with Gasteiger partial charge < -0.3 is 23.7 Å². The summed E-state index contributed by atoms with van der Waals surface area (Å²) < 4.78 is 25.8. The van der Waals surface area contributed by atoms with Gasteiger partial charge in [0.25, 0.3) is 0 Å². The van der Waals surface area contributed by atoms with Crippen LogP contribution < -0.4 is 0 Å². The summed E-state index contributed by atoms with van der Waals surface area (Å²) in [5.41, 5.74) is -2.35. The highest BCUT2D eigenvalue weighted by Gasteiger charge is 2.47. The van der Waals surface area contributed by atoms with Crippen LogP contribution in [-0.2, 0) is 47.7 Å². The van der Waals surface area contributed by atoms with E-state index in [0.29, 0.717) is 6.42 Å². The standard InChI is InChI=1S/C41H67BrO10/c1-9-11-12-13-14-15-16-17-18-19-20-21-22-23-24-25-26-50-36(44)33(29-34(42)37(45)49-10-2)30-41(7,39(47)48-8)31-40(5,6)38(46)52-28-27-51-35(43)32(3)4/h2,33-34H,3,9,11-31H2,1,4-8H3/t33-,34-,41?/m0/s1. The Kier molecular flexibility index (Phi) is 27.0. The lowest BCUT2D eigenvalue weighted by Crippen LogP contribution is -2.41. The van der Waals surface area contributed by atoms with Crippen molar-refractivity contribution in [1.82, 2.24) is 0 Å². The molecule has 10 nitrogen and oxygen atoms in total. The van der Waals surface area contributed by atoms with Crippen LogP contribution in [0.15, 0.2) is 12.2 Å². The minimum Gasteiger partial charge on any atom is -0.469 e. The van der Waals surface area contributed by atoms with Gasteiger partial charge in [-0.1, -0.05) is 132 Å². The number of ether oxygens (including phenoxy) is 5. The Morgan fingerprint density at radius 3 is 1.65 bits per heavy atom. The Labute approximate surface area is 322 Å². The smallest absolute Gasteiger partial charge is 0.333 e. The van der Waals surface area contributed by atoms with Gasteiger partial charge >= 0.3 is 29.8 Å². The van der Waals surface area contributed by atoms with Gasteiger partial charge in [0.2, 0.25) is 0 Å². The molecule has 0 amide bonds. The van der Waals surface area contributed by atoms with Gasteiger partial charge in [0.15, 0.2) is 0 Å². The first kappa shape index (κ1) is 49.1. The van der Waals surface area contributed by atoms with Gasteiger partial charge in [0, 0.05) is 5.57 Å². The minimum absolute atomic E-state index is 0.0538. The number of hydrogen-bond donors (Lipinski definition) is 0. The number of halogens is 1. The van der Waals surface area contributed by atoms with E-state index in [4.69, 9.17) is 25.4 Å². The molecule has 0 aliphatic carbocycles. The second-order valence-electron chi connectivity index (χ2n) is 14.8. The predicted molar refractivity (Wildman–Crippen MR) is 206 cm³/mol. The van der Waals surface area contributed by atoms with E-state index in [1.165, 1.54) is 91.1 Å². The van der Waals surface area contributed by atoms with E-state index >= 15 is 0 Å². The van der Waals surface area contributed by atoms with Crippen molar-refractivity contribution in [2.45, 2.75) is 161 Å². The molecule has 0 heterocycles. The summed E-state index contributed by atoms with van der Waals surface area (Å²) >= 11 is 3.26. The lowest BCUT2D eigenvalue weighted by Gasteiger charge is -2.36. The number of unbranched alkanes of at least 4 members (excludes halogenated alkanes) is 15. The monoisotopic (exact) mass is 798 g/mol. The molecule has 0 aliphatic rings. The van der Waals surface area contributed by atoms with Crippen molar-refractivity contribution in [1.29, 1.82) is 0 Å². The number of terminal acetylenes is 1. The molecule has 0 aromatic rings. The molecule has 0 radical (unpaired) electrons. The van der Waals surface area contributed by atoms with Gasteiger partial charge in [-0.3, -0.25) is 14.4 Å². The number of alkyl halides is 1. The van der Waals surface area contributed by atoms with Crippen molar-refractivity contribution in [2.75, 3.05) is 26.9 Å². The van der Waals surface area contributed by atoms with Crippen LogP contribution >= 0.6 is 15.9 Å². The first-order valence-electron chi connectivity index (χ1n) is 19.2. The third-order valence-corrected chi connectivity index (χ3v) is 9.89. The van der Waals surface area contributed by atoms with Crippen molar-refractivity contribution in [2.24, 2.45) is 16.7 Å². The quantitative estimate of drug-likeness (QED) is 0.0167. The largest absolute Gasteiger partial charge is 0.469 e. The summed E-state index contributed by atoms with van der Waals surface area (Å²) in [4.78, 5) is 62.8. The maximum absolute atomic E-state index is 13.5. The number of carbonyl (C=O) groups excluding carboxylic acids is 5. The Balaban J connectivity index is 5.07. The highest BCUT2D eigenvalue weighted by atomic mass is 79.9. The van der Waals surface area contributed by atoms with Crippen LogP contribution in [0.2, 0.25) is 0 Å². The van der Waals surface area contributed by atoms with E-state index in [-0.39, 0.29) is 44.7 Å². The molecule has 0 aromatic carbocycles. The van der Waals surface area contributed by atoms with Crippen LogP contribution in [-0.4, -0.2) is 61.6 Å². The Bertz CT molecular complexity index is 1130. The van der Waals surface area contributed by atoms with Crippen LogP contribution in [0.25, 0.3) is 0 Å². The van der Waals surface area contributed by atoms with Crippen molar-refractivity contribution in [3.63, 3.8) is 0 Å². The van der Waals surface area contributed by atoms with Crippen LogP contribution in [0.5, 0.6) is 0 Å². The van der Waals surface area contributed by atoms with Gasteiger partial charge in [-0.25, -0.2) is 9.59 Å². The summed E-state index contributed by atoms with van der Waals surface area (Å²) in [5.74, 6) is -4.14. The fourth-order valence-electron chi connectivity index (χ4n) is 6.32. The summed E-state index contributed by atoms with van der Waals surface area (Å²) in [6.45, 7) is 11.9. The maximum Gasteiger partial charge on any atom is 0.333 e. The fourth-order valence-corrected chi connectivity index (χ4v) is 6.87. The van der Waals surface area contributed by atoms with Gasteiger partial charge in [0.05, 0.1) is 30.5 Å². The van der Waals surface area contributed by atoms with Crippen molar-refractivity contribution < 1.29 is 47.7 Å². The van der Waals surface area contributed by atoms with E-state index in [1.54, 1.807) is 20.8 Å². The number of methoxy groups -OCH3 is 1. The van der Waals surface area contributed by atoms with Crippen molar-refractivity contribution in [3.8, 4) is 12.5 Å². The van der Waals surface area contributed by atoms with Gasteiger partial charge in [-0.2, -0.15) is 0 Å². The average molecular weight is 800 g/mol. The molecule has 0 rings (SSSR count). The summed E-state index contributed by atoms with van der Waals surface area (Å²) in [7, 11) is 1.23. The van der Waals surface area contributed by atoms with Gasteiger partial charge in [-0.15, -0.1) is 0 Å². The summed E-state index contributed by atoms with van der Waals surface area (Å²) in [6, 6.07) is 0. The maximum atomic E-state index is 13.5. The van der Waals surface area contributed by atoms with Crippen LogP contribution in [0, 0.1) is 29.3 Å². The summed E-state index contributed by atoms with van der Waals surface area (Å²) in [6.07, 6.45) is 26.5. The molecule has 0 bridgehead atoms. The first-order valence-corrected chi connectivity index (χ1v) is 20.1. The number of esters is 5. The highest BCUT2D eigenvalue weighted by Crippen LogP contribution is 2.42. The molecule has 3 atom stereocenters. The third-order valence-electron chi connectivity index (χ3n) is 9.14. The van der Waals surface area contributed by atoms with Crippen molar-refractivity contribution in [3.05, 3.63) is 12.2 Å². The second kappa shape index (κ2) is 28.6. The topological polar surface area (TPSA) is 132 Å². The molecule has 0 aromatic heterocycles. The molecule has 0 saturated heterocycles. The van der Waals surface area contributed by atoms with E-state index < -0.39 is 51.4 Å². The lowest BCUT2D eigenvalue weighted by molar-refractivity contribution is -0.165. The van der Waals surface area contributed by atoms with E-state index in [0.717, 1.165) is 19.3 Å². The zero-order chi connectivity index (χ0) is 39.4. The molecule has 0 aliphatic heterocycles. The number of rotatable bonds is 31. The SMILES string of the molecule is C#COC(=O)[C@@H](Br)C[C@@H](CC(C)(CC(C)(C)C(=O)OCCOC(=O)C(=C)C)C(=O)OC)C(=O)OCCCCCCCCCCCCCCCCCC. The van der Waals surface area contributed by atoms with Crippen molar-refractivity contribution >= 4 is 45.8 Å². The minimum atomic E-state index is -1.36. The Morgan fingerprint density at radius 1 is 0.712 bits per heavy atom. The molecule has 0 N–H and O–H groups in total. The van der Waals surface area contributed by atoms with E-state index in [2.05, 4.69) is 34.2 Å². The lowest BCUT2D eigenvalue weighted by atomic mass is 9.69. The highest BCUT2D eigenvalue weighted by molar-refractivity contribution is 9.10. The second-order valence-corrected chi connectivity index (χ2v) is 15.9. The number of carbonyl (C=O) groups is 5. The van der Waals surface area contributed by atoms with Gasteiger partial charge in [-0.05, 0) is 53.4 Å². The fraction of sp³-hybridized carbons (Fsp3) is 0.780. The molecular formula is C41H67BrO10. The zero-order valence-corrected chi connectivity index (χ0v) is 34.5. The van der Waals surface area contributed by atoms with Crippen LogP contribution in [0.3, 0.4) is 0 Å². The van der Waals surface area contributed by atoms with E-state index in [9.17, 15) is 24.0 Å². The molecule has 1 unspecified atom stereocenters. The normalized spacial score (nSPS) is 13.5. The molecule has 11 heteroatoms. The Hall–Kier alpha value is -2.87. The molecule has 0 saturated carbocycles.